The van der Waals surface area contributed by atoms with Gasteiger partial charge in [-0.1, -0.05) is 171 Å². The number of benzene rings is 8. The number of rotatable bonds is 7. The first kappa shape index (κ1) is 37.7. The largest absolute Gasteiger partial charge is 0.456 e. The summed E-state index contributed by atoms with van der Waals surface area (Å²) in [6.45, 7) is 2.31. The molecule has 0 aliphatic heterocycles. The Morgan fingerprint density at radius 2 is 1.23 bits per heavy atom. The molecule has 2 aromatic heterocycles. The third-order valence-electron chi connectivity index (χ3n) is 14.3. The Hall–Kier alpha value is -7.88. The predicted molar refractivity (Wildman–Crippen MR) is 270 cm³/mol. The van der Waals surface area contributed by atoms with Gasteiger partial charge in [0.25, 0.3) is 0 Å². The molecule has 3 aliphatic rings. The third kappa shape index (κ3) is 5.82. The molecule has 0 N–H and O–H groups in total. The lowest BCUT2D eigenvalue weighted by molar-refractivity contribution is 0.668. The van der Waals surface area contributed by atoms with Crippen LogP contribution in [0.15, 0.2) is 223 Å². The van der Waals surface area contributed by atoms with Crippen LogP contribution >= 0.6 is 0 Å². The van der Waals surface area contributed by atoms with E-state index in [9.17, 15) is 0 Å². The van der Waals surface area contributed by atoms with Crippen molar-refractivity contribution in [2.24, 2.45) is 5.92 Å². The number of fused-ring (bicyclic) bond motifs is 9. The van der Waals surface area contributed by atoms with E-state index in [0.29, 0.717) is 5.92 Å². The van der Waals surface area contributed by atoms with Crippen molar-refractivity contribution in [2.75, 3.05) is 4.90 Å². The molecule has 3 nitrogen and oxygen atoms in total. The molecule has 0 saturated heterocycles. The van der Waals surface area contributed by atoms with Crippen molar-refractivity contribution in [1.29, 1.82) is 0 Å². The highest BCUT2D eigenvalue weighted by atomic mass is 16.3. The fraction of sp³-hybridized carbons (Fsp3) is 0.0968. The number of aromatic nitrogens is 1. The Kier molecular flexibility index (Phi) is 8.61. The van der Waals surface area contributed by atoms with Crippen LogP contribution in [0.25, 0.3) is 61.3 Å². The first-order chi connectivity index (χ1) is 32.1. The summed E-state index contributed by atoms with van der Waals surface area (Å²) in [6, 6.07) is 71.4. The Labute approximate surface area is 379 Å². The second-order valence-corrected chi connectivity index (χ2v) is 18.0. The lowest BCUT2D eigenvalue weighted by Gasteiger charge is -2.36. The van der Waals surface area contributed by atoms with E-state index in [1.807, 2.05) is 6.07 Å². The van der Waals surface area contributed by atoms with Crippen LogP contribution in [0, 0.1) is 5.92 Å². The van der Waals surface area contributed by atoms with Gasteiger partial charge in [0.1, 0.15) is 11.2 Å². The number of para-hydroxylation sites is 2. The summed E-state index contributed by atoms with van der Waals surface area (Å²) in [6.07, 6.45) is 13.8. The van der Waals surface area contributed by atoms with E-state index in [4.69, 9.17) is 4.42 Å². The summed E-state index contributed by atoms with van der Waals surface area (Å²) >= 11 is 0. The summed E-state index contributed by atoms with van der Waals surface area (Å²) in [5, 5.41) is 3.57. The Morgan fingerprint density at radius 3 is 2.02 bits per heavy atom. The molecular formula is C62H46N2O. The van der Waals surface area contributed by atoms with E-state index in [-0.39, 0.29) is 6.04 Å². The van der Waals surface area contributed by atoms with E-state index in [1.165, 1.54) is 72.4 Å². The molecule has 13 rings (SSSR count). The number of nitrogens with zero attached hydrogens (tertiary/aromatic N) is 2. The van der Waals surface area contributed by atoms with Crippen LogP contribution in [0.1, 0.15) is 52.4 Å². The van der Waals surface area contributed by atoms with Gasteiger partial charge in [0.05, 0.1) is 17.0 Å². The number of anilines is 2. The fourth-order valence-corrected chi connectivity index (χ4v) is 11.4. The molecular weight excluding hydrogens is 789 g/mol. The average Bonchev–Trinajstić information content (AvgIpc) is 4.00. The predicted octanol–water partition coefficient (Wildman–Crippen LogP) is 15.6. The van der Waals surface area contributed by atoms with Gasteiger partial charge in [-0.25, -0.2) is 0 Å². The lowest BCUT2D eigenvalue weighted by atomic mass is 9.67. The molecule has 65 heavy (non-hydrogen) atoms. The van der Waals surface area contributed by atoms with Crippen molar-refractivity contribution < 1.29 is 4.42 Å². The third-order valence-corrected chi connectivity index (χ3v) is 14.3. The highest BCUT2D eigenvalue weighted by Gasteiger charge is 2.46. The Morgan fingerprint density at radius 1 is 0.554 bits per heavy atom. The average molecular weight is 835 g/mol. The smallest absolute Gasteiger partial charge is 0.137 e. The van der Waals surface area contributed by atoms with Gasteiger partial charge in [-0.15, -0.1) is 0 Å². The van der Waals surface area contributed by atoms with Gasteiger partial charge in [-0.3, -0.25) is 0 Å². The van der Waals surface area contributed by atoms with Crippen molar-refractivity contribution in [3.05, 3.63) is 258 Å². The normalized spacial score (nSPS) is 17.0. The van der Waals surface area contributed by atoms with Crippen molar-refractivity contribution in [3.8, 4) is 16.8 Å². The van der Waals surface area contributed by atoms with E-state index in [2.05, 4.69) is 235 Å². The molecule has 2 unspecified atom stereocenters. The molecule has 0 saturated carbocycles. The van der Waals surface area contributed by atoms with Crippen LogP contribution in [0.2, 0.25) is 0 Å². The van der Waals surface area contributed by atoms with Crippen molar-refractivity contribution in [1.82, 2.24) is 4.57 Å². The summed E-state index contributed by atoms with van der Waals surface area (Å²) < 4.78 is 9.03. The minimum absolute atomic E-state index is 0.0466. The summed E-state index contributed by atoms with van der Waals surface area (Å²) in [5.74, 6) is 0.499. The quantitative estimate of drug-likeness (QED) is 0.159. The van der Waals surface area contributed by atoms with Gasteiger partial charge >= 0.3 is 0 Å². The highest BCUT2D eigenvalue weighted by molar-refractivity contribution is 6.06. The van der Waals surface area contributed by atoms with Gasteiger partial charge in [0.15, 0.2) is 0 Å². The Balaban J connectivity index is 0.951. The van der Waals surface area contributed by atoms with Gasteiger partial charge in [0.2, 0.25) is 0 Å². The zero-order chi connectivity index (χ0) is 43.1. The molecule has 3 aliphatic carbocycles. The fourth-order valence-electron chi connectivity index (χ4n) is 11.4. The molecule has 10 aromatic rings. The zero-order valence-corrected chi connectivity index (χ0v) is 36.2. The second kappa shape index (κ2) is 14.9. The molecule has 310 valence electrons. The summed E-state index contributed by atoms with van der Waals surface area (Å²) in [4.78, 5) is 2.53. The second-order valence-electron chi connectivity index (χ2n) is 18.0. The van der Waals surface area contributed by atoms with Crippen molar-refractivity contribution in [3.63, 3.8) is 0 Å². The van der Waals surface area contributed by atoms with Crippen molar-refractivity contribution in [2.45, 2.75) is 31.2 Å². The SMILES string of the molecule is CC1C=Cc2c(n(-c3ccccc3)c3ccc(C4=CCC(N(c5ccc6c(c5)C(c5ccccc5)(c5ccccc5)c5ccccc5-6)c5ccc6c(c5)oc5ccccc56)C=C4)cc23)C1. The summed E-state index contributed by atoms with van der Waals surface area (Å²) in [5.41, 5.74) is 18.9. The van der Waals surface area contributed by atoms with E-state index < -0.39 is 5.41 Å². The van der Waals surface area contributed by atoms with Gasteiger partial charge in [-0.05, 0) is 118 Å². The van der Waals surface area contributed by atoms with Gasteiger partial charge < -0.3 is 13.9 Å². The topological polar surface area (TPSA) is 21.3 Å². The van der Waals surface area contributed by atoms with Gasteiger partial charge in [0, 0.05) is 50.5 Å². The van der Waals surface area contributed by atoms with Crippen LogP contribution < -0.4 is 4.90 Å². The van der Waals surface area contributed by atoms with Crippen LogP contribution in [-0.2, 0) is 11.8 Å². The first-order valence-corrected chi connectivity index (χ1v) is 23.0. The summed E-state index contributed by atoms with van der Waals surface area (Å²) in [7, 11) is 0. The van der Waals surface area contributed by atoms with Crippen LogP contribution in [0.3, 0.4) is 0 Å². The molecule has 0 radical (unpaired) electrons. The molecule has 2 atom stereocenters. The molecule has 0 fully saturated rings. The maximum Gasteiger partial charge on any atom is 0.137 e. The maximum atomic E-state index is 6.55. The van der Waals surface area contributed by atoms with Crippen LogP contribution in [-0.4, -0.2) is 10.6 Å². The minimum atomic E-state index is -0.501. The first-order valence-electron chi connectivity index (χ1n) is 23.0. The monoisotopic (exact) mass is 834 g/mol. The van der Waals surface area contributed by atoms with E-state index >= 15 is 0 Å². The molecule has 2 heterocycles. The number of hydrogen-bond acceptors (Lipinski definition) is 2. The van der Waals surface area contributed by atoms with E-state index in [1.54, 1.807) is 0 Å². The van der Waals surface area contributed by atoms with Gasteiger partial charge in [-0.2, -0.15) is 0 Å². The maximum absolute atomic E-state index is 6.55. The zero-order valence-electron chi connectivity index (χ0n) is 36.2. The van der Waals surface area contributed by atoms with Crippen LogP contribution in [0.4, 0.5) is 11.4 Å². The van der Waals surface area contributed by atoms with Crippen molar-refractivity contribution >= 4 is 55.9 Å². The number of furan rings is 1. The highest BCUT2D eigenvalue weighted by Crippen LogP contribution is 2.57. The number of hydrogen-bond donors (Lipinski definition) is 0. The standard InChI is InChI=1S/C62H46N2O/c1-41-25-33-52-55-38-43(28-36-58(55)64(59(52)37-41)46-19-9-4-10-20-46)42-26-29-47(30-27-42)63(49-32-35-54-53-22-12-14-24-60(53)65-61(54)40-49)48-31-34-51-50-21-11-13-23-56(50)62(57(51)39-48,44-15-5-2-6-16-44)45-17-7-3-8-18-45/h2-29,31-36,38-41,47H,30,37H2,1H3. The molecule has 0 amide bonds. The number of allylic oxidation sites excluding steroid dienone is 3. The Bertz CT molecular complexity index is 3530. The molecule has 0 spiro atoms. The minimum Gasteiger partial charge on any atom is -0.456 e. The molecule has 3 heteroatoms. The van der Waals surface area contributed by atoms with E-state index in [0.717, 1.165) is 46.2 Å². The lowest BCUT2D eigenvalue weighted by Crippen LogP contribution is -2.31. The molecule has 0 bridgehead atoms. The van der Waals surface area contributed by atoms with Crippen LogP contribution in [0.5, 0.6) is 0 Å². The molecule has 8 aromatic carbocycles.